The van der Waals surface area contributed by atoms with Crippen molar-refractivity contribution >= 4 is 17.8 Å². The lowest BCUT2D eigenvalue weighted by molar-refractivity contribution is -0.144. The molecule has 0 N–H and O–H groups in total. The van der Waals surface area contributed by atoms with E-state index in [1.807, 2.05) is 0 Å². The van der Waals surface area contributed by atoms with E-state index in [0.717, 1.165) is 5.75 Å². The lowest BCUT2D eigenvalue weighted by atomic mass is 10.1. The van der Waals surface area contributed by atoms with Crippen molar-refractivity contribution in [1.29, 1.82) is 0 Å². The van der Waals surface area contributed by atoms with Crippen LogP contribution in [0.2, 0.25) is 0 Å². The molecule has 0 saturated carbocycles. The van der Waals surface area contributed by atoms with Crippen molar-refractivity contribution in [2.45, 2.75) is 19.3 Å². The Balaban J connectivity index is 1.29. The fourth-order valence-electron chi connectivity index (χ4n) is 3.00. The maximum absolute atomic E-state index is 12.2. The molecule has 0 spiro atoms. The van der Waals surface area contributed by atoms with Gasteiger partial charge in [-0.25, -0.2) is 0 Å². The molecule has 0 aromatic heterocycles. The van der Waals surface area contributed by atoms with Crippen LogP contribution in [0.3, 0.4) is 0 Å². The second kappa shape index (κ2) is 9.73. The Morgan fingerprint density at radius 1 is 0.862 bits per heavy atom. The zero-order valence-electron chi connectivity index (χ0n) is 16.3. The SMILES string of the molecule is COc1ccc(OCCCC(=O)OCCCN2C(=O)c3ccccc3C2=O)cc1. The maximum atomic E-state index is 12.2. The van der Waals surface area contributed by atoms with Gasteiger partial charge in [-0.3, -0.25) is 19.3 Å². The van der Waals surface area contributed by atoms with Crippen LogP contribution in [0.4, 0.5) is 0 Å². The first-order valence-electron chi connectivity index (χ1n) is 9.48. The summed E-state index contributed by atoms with van der Waals surface area (Å²) in [5, 5.41) is 0. The molecule has 2 aromatic rings. The van der Waals surface area contributed by atoms with E-state index in [4.69, 9.17) is 14.2 Å². The summed E-state index contributed by atoms with van der Waals surface area (Å²) in [6.07, 6.45) is 1.17. The fourth-order valence-corrected chi connectivity index (χ4v) is 3.00. The molecule has 0 unspecified atom stereocenters. The predicted molar refractivity (Wildman–Crippen MR) is 105 cm³/mol. The molecule has 1 heterocycles. The van der Waals surface area contributed by atoms with Gasteiger partial charge in [0, 0.05) is 13.0 Å². The summed E-state index contributed by atoms with van der Waals surface area (Å²) in [6, 6.07) is 14.0. The van der Waals surface area contributed by atoms with Crippen LogP contribution in [0, 0.1) is 0 Å². The van der Waals surface area contributed by atoms with Crippen molar-refractivity contribution in [1.82, 2.24) is 4.90 Å². The second-order valence-corrected chi connectivity index (χ2v) is 6.51. The number of fused-ring (bicyclic) bond motifs is 1. The third-order valence-electron chi connectivity index (χ3n) is 4.52. The number of benzene rings is 2. The highest BCUT2D eigenvalue weighted by atomic mass is 16.5. The summed E-state index contributed by atoms with van der Waals surface area (Å²) < 4.78 is 15.8. The fraction of sp³-hybridized carbons (Fsp3) is 0.318. The predicted octanol–water partition coefficient (Wildman–Crippen LogP) is 3.08. The highest BCUT2D eigenvalue weighted by molar-refractivity contribution is 6.21. The van der Waals surface area contributed by atoms with Gasteiger partial charge in [0.2, 0.25) is 0 Å². The molecule has 0 radical (unpaired) electrons. The number of hydrogen-bond acceptors (Lipinski definition) is 6. The van der Waals surface area contributed by atoms with Crippen molar-refractivity contribution in [3.05, 3.63) is 59.7 Å². The molecule has 0 atom stereocenters. The maximum Gasteiger partial charge on any atom is 0.305 e. The minimum Gasteiger partial charge on any atom is -0.497 e. The summed E-state index contributed by atoms with van der Waals surface area (Å²) in [5.74, 6) is 0.535. The molecule has 3 rings (SSSR count). The summed E-state index contributed by atoms with van der Waals surface area (Å²) in [6.45, 7) is 0.780. The first-order chi connectivity index (χ1) is 14.1. The average molecular weight is 397 g/mol. The number of rotatable bonds is 10. The number of methoxy groups -OCH3 is 1. The second-order valence-electron chi connectivity index (χ2n) is 6.51. The van der Waals surface area contributed by atoms with Crippen LogP contribution in [0.5, 0.6) is 11.5 Å². The Kier molecular flexibility index (Phi) is 6.84. The summed E-state index contributed by atoms with van der Waals surface area (Å²) in [7, 11) is 1.60. The van der Waals surface area contributed by atoms with Crippen LogP contribution in [-0.2, 0) is 9.53 Å². The number of ether oxygens (including phenoxy) is 3. The van der Waals surface area contributed by atoms with Crippen LogP contribution in [0.1, 0.15) is 40.0 Å². The summed E-state index contributed by atoms with van der Waals surface area (Å²) in [5.41, 5.74) is 0.845. The molecule has 152 valence electrons. The van der Waals surface area contributed by atoms with Crippen molar-refractivity contribution in [3.8, 4) is 11.5 Å². The van der Waals surface area contributed by atoms with Gasteiger partial charge < -0.3 is 14.2 Å². The van der Waals surface area contributed by atoms with E-state index < -0.39 is 0 Å². The minimum absolute atomic E-state index is 0.158. The Labute approximate surface area is 169 Å². The van der Waals surface area contributed by atoms with E-state index in [-0.39, 0.29) is 37.4 Å². The van der Waals surface area contributed by atoms with Gasteiger partial charge in [0.1, 0.15) is 11.5 Å². The summed E-state index contributed by atoms with van der Waals surface area (Å²) in [4.78, 5) is 37.5. The number of carbonyl (C=O) groups excluding carboxylic acids is 3. The lowest BCUT2D eigenvalue weighted by Crippen LogP contribution is -2.31. The third-order valence-corrected chi connectivity index (χ3v) is 4.52. The number of hydrogen-bond donors (Lipinski definition) is 0. The molecule has 0 fully saturated rings. The molecule has 2 aromatic carbocycles. The topological polar surface area (TPSA) is 82.1 Å². The molecule has 29 heavy (non-hydrogen) atoms. The molecule has 7 heteroatoms. The molecule has 7 nitrogen and oxygen atoms in total. The Bertz CT molecular complexity index is 842. The van der Waals surface area contributed by atoms with Crippen molar-refractivity contribution in [3.63, 3.8) is 0 Å². The van der Waals surface area contributed by atoms with Crippen molar-refractivity contribution in [2.75, 3.05) is 26.9 Å². The van der Waals surface area contributed by atoms with Gasteiger partial charge in [0.25, 0.3) is 11.8 Å². The molecule has 1 aliphatic rings. The van der Waals surface area contributed by atoms with Gasteiger partial charge in [-0.2, -0.15) is 0 Å². The van der Waals surface area contributed by atoms with Gasteiger partial charge in [0.15, 0.2) is 0 Å². The molecular formula is C22H23NO6. The first-order valence-corrected chi connectivity index (χ1v) is 9.48. The third kappa shape index (κ3) is 5.13. The standard InChI is InChI=1S/C22H23NO6/c1-27-16-9-11-17(12-10-16)28-14-4-8-20(24)29-15-5-13-23-21(25)18-6-2-3-7-19(18)22(23)26/h2-3,6-7,9-12H,4-5,8,13-15H2,1H3. The van der Waals surface area contributed by atoms with Gasteiger partial charge >= 0.3 is 5.97 Å². The Hall–Kier alpha value is -3.35. The highest BCUT2D eigenvalue weighted by Gasteiger charge is 2.34. The molecule has 2 amide bonds. The molecule has 0 saturated heterocycles. The van der Waals surface area contributed by atoms with Crippen molar-refractivity contribution in [2.24, 2.45) is 0 Å². The smallest absolute Gasteiger partial charge is 0.305 e. The van der Waals surface area contributed by atoms with Crippen LogP contribution >= 0.6 is 0 Å². The van der Waals surface area contributed by atoms with E-state index in [2.05, 4.69) is 0 Å². The monoisotopic (exact) mass is 397 g/mol. The molecule has 0 aliphatic carbocycles. The van der Waals surface area contributed by atoms with Crippen LogP contribution in [-0.4, -0.2) is 49.6 Å². The van der Waals surface area contributed by atoms with Gasteiger partial charge in [0.05, 0.1) is 31.5 Å². The Morgan fingerprint density at radius 2 is 1.48 bits per heavy atom. The number of esters is 1. The van der Waals surface area contributed by atoms with Crippen LogP contribution < -0.4 is 9.47 Å². The van der Waals surface area contributed by atoms with E-state index in [1.54, 1.807) is 55.6 Å². The van der Waals surface area contributed by atoms with Gasteiger partial charge in [-0.05, 0) is 49.2 Å². The van der Waals surface area contributed by atoms with E-state index >= 15 is 0 Å². The normalized spacial score (nSPS) is 12.7. The van der Waals surface area contributed by atoms with E-state index in [0.29, 0.717) is 36.3 Å². The molecule has 1 aliphatic heterocycles. The lowest BCUT2D eigenvalue weighted by Gasteiger charge is -2.13. The van der Waals surface area contributed by atoms with Crippen LogP contribution in [0.15, 0.2) is 48.5 Å². The Morgan fingerprint density at radius 3 is 2.10 bits per heavy atom. The number of amides is 2. The van der Waals surface area contributed by atoms with E-state index in [9.17, 15) is 14.4 Å². The number of carbonyl (C=O) groups is 3. The number of nitrogens with zero attached hydrogens (tertiary/aromatic N) is 1. The van der Waals surface area contributed by atoms with Crippen molar-refractivity contribution < 1.29 is 28.6 Å². The van der Waals surface area contributed by atoms with Gasteiger partial charge in [-0.1, -0.05) is 12.1 Å². The number of imide groups is 1. The largest absolute Gasteiger partial charge is 0.497 e. The van der Waals surface area contributed by atoms with Gasteiger partial charge in [-0.15, -0.1) is 0 Å². The van der Waals surface area contributed by atoms with Crippen LogP contribution in [0.25, 0.3) is 0 Å². The highest BCUT2D eigenvalue weighted by Crippen LogP contribution is 2.22. The zero-order chi connectivity index (χ0) is 20.6. The minimum atomic E-state index is -0.328. The molecule has 0 bridgehead atoms. The zero-order valence-corrected chi connectivity index (χ0v) is 16.3. The molecular weight excluding hydrogens is 374 g/mol. The quantitative estimate of drug-likeness (QED) is 0.348. The van der Waals surface area contributed by atoms with E-state index in [1.165, 1.54) is 4.90 Å². The average Bonchev–Trinajstić information content (AvgIpc) is 2.99. The first kappa shape index (κ1) is 20.4. The summed E-state index contributed by atoms with van der Waals surface area (Å²) >= 11 is 0.